The number of benzene rings is 1. The van der Waals surface area contributed by atoms with Crippen LogP contribution in [-0.2, 0) is 0 Å². The second-order valence-electron chi connectivity index (χ2n) is 3.60. The van der Waals surface area contributed by atoms with E-state index in [0.717, 1.165) is 10.9 Å². The maximum atomic E-state index is 8.83. The normalized spacial score (nSPS) is 10.4. The summed E-state index contributed by atoms with van der Waals surface area (Å²) in [5.41, 5.74) is 0.753. The van der Waals surface area contributed by atoms with Crippen LogP contribution in [0.1, 0.15) is 0 Å². The Hall–Kier alpha value is -2.08. The smallest absolute Gasteiger partial charge is 0.162 e. The van der Waals surface area contributed by atoms with Gasteiger partial charge in [0, 0.05) is 18.0 Å². The Balaban J connectivity index is 2.54. The van der Waals surface area contributed by atoms with Crippen LogP contribution in [0.2, 0.25) is 0 Å². The van der Waals surface area contributed by atoms with Gasteiger partial charge in [0.2, 0.25) is 0 Å². The minimum Gasteiger partial charge on any atom is -0.493 e. The van der Waals surface area contributed by atoms with Gasteiger partial charge in [-0.3, -0.25) is 0 Å². The fourth-order valence-corrected chi connectivity index (χ4v) is 1.70. The zero-order chi connectivity index (χ0) is 13.0. The number of rotatable bonds is 5. The molecule has 0 bridgehead atoms. The Bertz CT molecular complexity index is 545. The van der Waals surface area contributed by atoms with Gasteiger partial charge in [0.1, 0.15) is 12.1 Å². The molecule has 0 amide bonds. The predicted molar refractivity (Wildman–Crippen MR) is 68.2 cm³/mol. The molecular formula is C12H15N3O3. The van der Waals surface area contributed by atoms with E-state index in [9.17, 15) is 0 Å². The maximum absolute atomic E-state index is 8.83. The average Bonchev–Trinajstić information content (AvgIpc) is 2.43. The molecule has 0 radical (unpaired) electrons. The third-order valence-corrected chi connectivity index (χ3v) is 2.54. The van der Waals surface area contributed by atoms with Crippen molar-refractivity contribution in [3.63, 3.8) is 0 Å². The Morgan fingerprint density at radius 3 is 2.56 bits per heavy atom. The van der Waals surface area contributed by atoms with Crippen molar-refractivity contribution < 1.29 is 14.6 Å². The number of nitrogens with zero attached hydrogens (tertiary/aromatic N) is 2. The highest BCUT2D eigenvalue weighted by molar-refractivity contribution is 5.91. The number of aliphatic hydroxyl groups is 1. The van der Waals surface area contributed by atoms with Gasteiger partial charge in [0.15, 0.2) is 11.5 Å². The van der Waals surface area contributed by atoms with Crippen molar-refractivity contribution in [1.29, 1.82) is 0 Å². The van der Waals surface area contributed by atoms with Crippen molar-refractivity contribution in [3.8, 4) is 11.5 Å². The first-order valence-corrected chi connectivity index (χ1v) is 5.51. The predicted octanol–water partition coefficient (Wildman–Crippen LogP) is 1.05. The molecule has 0 aliphatic rings. The topological polar surface area (TPSA) is 76.5 Å². The van der Waals surface area contributed by atoms with Gasteiger partial charge in [0.05, 0.1) is 26.3 Å². The van der Waals surface area contributed by atoms with Crippen molar-refractivity contribution >= 4 is 16.7 Å². The second-order valence-corrected chi connectivity index (χ2v) is 3.60. The summed E-state index contributed by atoms with van der Waals surface area (Å²) in [6, 6.07) is 3.61. The Morgan fingerprint density at radius 1 is 1.17 bits per heavy atom. The van der Waals surface area contributed by atoms with Gasteiger partial charge >= 0.3 is 0 Å². The van der Waals surface area contributed by atoms with Crippen LogP contribution in [0.4, 0.5) is 5.82 Å². The van der Waals surface area contributed by atoms with E-state index in [4.69, 9.17) is 14.6 Å². The first-order valence-electron chi connectivity index (χ1n) is 5.51. The number of aliphatic hydroxyl groups excluding tert-OH is 1. The molecule has 6 nitrogen and oxygen atoms in total. The molecule has 1 heterocycles. The molecule has 18 heavy (non-hydrogen) atoms. The van der Waals surface area contributed by atoms with Crippen LogP contribution in [0.5, 0.6) is 11.5 Å². The Morgan fingerprint density at radius 2 is 1.89 bits per heavy atom. The fraction of sp³-hybridized carbons (Fsp3) is 0.333. The Kier molecular flexibility index (Phi) is 3.78. The first-order chi connectivity index (χ1) is 8.80. The zero-order valence-electron chi connectivity index (χ0n) is 10.3. The number of fused-ring (bicyclic) bond motifs is 1. The van der Waals surface area contributed by atoms with Gasteiger partial charge in [-0.2, -0.15) is 0 Å². The number of nitrogens with one attached hydrogen (secondary N) is 1. The van der Waals surface area contributed by atoms with Crippen LogP contribution in [0.25, 0.3) is 10.9 Å². The van der Waals surface area contributed by atoms with E-state index < -0.39 is 0 Å². The van der Waals surface area contributed by atoms with Crippen LogP contribution in [-0.4, -0.2) is 42.4 Å². The first kappa shape index (κ1) is 12.4. The highest BCUT2D eigenvalue weighted by Crippen LogP contribution is 2.33. The summed E-state index contributed by atoms with van der Waals surface area (Å²) in [5, 5.41) is 12.7. The van der Waals surface area contributed by atoms with Gasteiger partial charge in [-0.05, 0) is 6.07 Å². The lowest BCUT2D eigenvalue weighted by atomic mass is 10.2. The molecule has 0 saturated heterocycles. The number of anilines is 1. The third kappa shape index (κ3) is 2.28. The van der Waals surface area contributed by atoms with E-state index in [2.05, 4.69) is 15.3 Å². The summed E-state index contributed by atoms with van der Waals surface area (Å²) >= 11 is 0. The summed E-state index contributed by atoms with van der Waals surface area (Å²) in [6.45, 7) is 0.471. The lowest BCUT2D eigenvalue weighted by molar-refractivity contribution is 0.311. The van der Waals surface area contributed by atoms with E-state index in [1.165, 1.54) is 6.33 Å². The van der Waals surface area contributed by atoms with Crippen LogP contribution in [0.3, 0.4) is 0 Å². The third-order valence-electron chi connectivity index (χ3n) is 2.54. The SMILES string of the molecule is COc1cc2ncnc(NCCO)c2cc1OC. The molecule has 2 aromatic rings. The minimum atomic E-state index is 0.0405. The van der Waals surface area contributed by atoms with Gasteiger partial charge < -0.3 is 19.9 Å². The number of methoxy groups -OCH3 is 2. The molecule has 0 saturated carbocycles. The second kappa shape index (κ2) is 5.50. The lowest BCUT2D eigenvalue weighted by Crippen LogP contribution is -2.07. The van der Waals surface area contributed by atoms with Gasteiger partial charge in [0.25, 0.3) is 0 Å². The lowest BCUT2D eigenvalue weighted by Gasteiger charge is -2.11. The van der Waals surface area contributed by atoms with Crippen molar-refractivity contribution in [1.82, 2.24) is 9.97 Å². The van der Waals surface area contributed by atoms with Crippen LogP contribution < -0.4 is 14.8 Å². The molecule has 96 valence electrons. The summed E-state index contributed by atoms with van der Waals surface area (Å²) in [4.78, 5) is 8.33. The van der Waals surface area contributed by atoms with Gasteiger partial charge in [-0.25, -0.2) is 9.97 Å². The van der Waals surface area contributed by atoms with Gasteiger partial charge in [-0.1, -0.05) is 0 Å². The molecule has 2 N–H and O–H groups in total. The number of hydrogen-bond acceptors (Lipinski definition) is 6. The van der Waals surface area contributed by atoms with Crippen molar-refractivity contribution in [3.05, 3.63) is 18.5 Å². The van der Waals surface area contributed by atoms with Crippen LogP contribution in [0.15, 0.2) is 18.5 Å². The number of ether oxygens (including phenoxy) is 2. The largest absolute Gasteiger partial charge is 0.493 e. The van der Waals surface area contributed by atoms with Crippen LogP contribution in [0, 0.1) is 0 Å². The summed E-state index contributed by atoms with van der Waals surface area (Å²) < 4.78 is 10.5. The molecular weight excluding hydrogens is 234 g/mol. The molecule has 0 unspecified atom stereocenters. The molecule has 0 fully saturated rings. The molecule has 0 aliphatic carbocycles. The minimum absolute atomic E-state index is 0.0405. The molecule has 2 rings (SSSR count). The molecule has 1 aromatic heterocycles. The van der Waals surface area contributed by atoms with Crippen LogP contribution >= 0.6 is 0 Å². The van der Waals surface area contributed by atoms with E-state index in [1.54, 1.807) is 20.3 Å². The average molecular weight is 249 g/mol. The summed E-state index contributed by atoms with van der Waals surface area (Å²) in [7, 11) is 3.16. The molecule has 1 aromatic carbocycles. The molecule has 6 heteroatoms. The summed E-state index contributed by atoms with van der Waals surface area (Å²) in [6.07, 6.45) is 1.47. The summed E-state index contributed by atoms with van der Waals surface area (Å²) in [5.74, 6) is 1.90. The van der Waals surface area contributed by atoms with Crippen molar-refractivity contribution in [2.24, 2.45) is 0 Å². The van der Waals surface area contributed by atoms with Crippen molar-refractivity contribution in [2.75, 3.05) is 32.7 Å². The fourth-order valence-electron chi connectivity index (χ4n) is 1.70. The number of hydrogen-bond donors (Lipinski definition) is 2. The highest BCUT2D eigenvalue weighted by atomic mass is 16.5. The van der Waals surface area contributed by atoms with E-state index in [0.29, 0.717) is 23.9 Å². The van der Waals surface area contributed by atoms with E-state index in [1.807, 2.05) is 6.07 Å². The van der Waals surface area contributed by atoms with Gasteiger partial charge in [-0.15, -0.1) is 0 Å². The Labute approximate surface area is 105 Å². The zero-order valence-corrected chi connectivity index (χ0v) is 10.3. The molecule has 0 atom stereocenters. The maximum Gasteiger partial charge on any atom is 0.162 e. The molecule has 0 aliphatic heterocycles. The monoisotopic (exact) mass is 249 g/mol. The molecule has 0 spiro atoms. The highest BCUT2D eigenvalue weighted by Gasteiger charge is 2.10. The van der Waals surface area contributed by atoms with E-state index in [-0.39, 0.29) is 6.61 Å². The quantitative estimate of drug-likeness (QED) is 0.825. The van der Waals surface area contributed by atoms with E-state index >= 15 is 0 Å². The standard InChI is InChI=1S/C12H15N3O3/c1-17-10-5-8-9(6-11(10)18-2)14-7-15-12(8)13-3-4-16/h5-7,16H,3-4H2,1-2H3,(H,13,14,15). The van der Waals surface area contributed by atoms with Crippen molar-refractivity contribution in [2.45, 2.75) is 0 Å². The number of aromatic nitrogens is 2.